The van der Waals surface area contributed by atoms with Crippen molar-refractivity contribution >= 4 is 26.9 Å². The Hall–Kier alpha value is -2.37. The molecule has 1 aliphatic heterocycles. The van der Waals surface area contributed by atoms with Gasteiger partial charge < -0.3 is 14.1 Å². The normalized spacial score (nSPS) is 16.8. The summed E-state index contributed by atoms with van der Waals surface area (Å²) in [6, 6.07) is 14.2. The van der Waals surface area contributed by atoms with Crippen molar-refractivity contribution in [2.45, 2.75) is 18.6 Å². The van der Waals surface area contributed by atoms with E-state index in [2.05, 4.69) is 37.6 Å². The summed E-state index contributed by atoms with van der Waals surface area (Å²) in [5.74, 6) is 0. The maximum absolute atomic E-state index is 11.0. The first-order valence-electron chi connectivity index (χ1n) is 8.18. The van der Waals surface area contributed by atoms with Gasteiger partial charge in [0.1, 0.15) is 5.58 Å². The largest absolute Gasteiger partial charge is 0.464 e. The van der Waals surface area contributed by atoms with Gasteiger partial charge >= 0.3 is 0 Å². The molecule has 2 aromatic carbocycles. The molecule has 0 aliphatic carbocycles. The molecular formula is C20H15BrN2O2. The Bertz CT molecular complexity index is 1080. The van der Waals surface area contributed by atoms with Crippen LogP contribution >= 0.6 is 15.9 Å². The molecule has 3 heterocycles. The predicted octanol–water partition coefficient (Wildman–Crippen LogP) is 5.09. The average Bonchev–Trinajstić information content (AvgIpc) is 3.31. The smallest absolute Gasteiger partial charge is 0.134 e. The van der Waals surface area contributed by atoms with Gasteiger partial charge in [-0.25, -0.2) is 4.98 Å². The molecule has 1 N–H and O–H groups in total. The molecule has 0 saturated heterocycles. The zero-order chi connectivity index (χ0) is 17.0. The van der Waals surface area contributed by atoms with Crippen molar-refractivity contribution in [2.24, 2.45) is 0 Å². The number of aliphatic hydroxyl groups excluding tert-OH is 1. The van der Waals surface area contributed by atoms with E-state index < -0.39 is 6.10 Å². The molecule has 5 rings (SSSR count). The van der Waals surface area contributed by atoms with Crippen molar-refractivity contribution in [1.82, 2.24) is 9.55 Å². The second-order valence-corrected chi connectivity index (χ2v) is 7.23. The fourth-order valence-electron chi connectivity index (χ4n) is 3.77. The van der Waals surface area contributed by atoms with Gasteiger partial charge in [-0.15, -0.1) is 0 Å². The minimum atomic E-state index is -0.597. The van der Waals surface area contributed by atoms with Gasteiger partial charge in [0.05, 0.1) is 36.6 Å². The lowest BCUT2D eigenvalue weighted by Crippen LogP contribution is -2.11. The number of nitrogens with zero attached hydrogens (tertiary/aromatic N) is 2. The molecule has 4 nitrogen and oxygen atoms in total. The monoisotopic (exact) mass is 394 g/mol. The van der Waals surface area contributed by atoms with E-state index in [1.54, 1.807) is 6.26 Å². The van der Waals surface area contributed by atoms with Crippen molar-refractivity contribution in [2.75, 3.05) is 0 Å². The Morgan fingerprint density at radius 3 is 3.04 bits per heavy atom. The Balaban J connectivity index is 1.53. The minimum absolute atomic E-state index is 0.0793. The first-order valence-corrected chi connectivity index (χ1v) is 8.97. The fourth-order valence-corrected chi connectivity index (χ4v) is 4.36. The highest BCUT2D eigenvalue weighted by atomic mass is 79.9. The van der Waals surface area contributed by atoms with Gasteiger partial charge in [-0.1, -0.05) is 40.2 Å². The third-order valence-corrected chi connectivity index (χ3v) is 5.66. The lowest BCUT2D eigenvalue weighted by molar-refractivity contribution is 0.153. The molecule has 2 aromatic heterocycles. The van der Waals surface area contributed by atoms with E-state index in [1.807, 2.05) is 42.9 Å². The maximum atomic E-state index is 11.0. The van der Waals surface area contributed by atoms with Gasteiger partial charge in [-0.2, -0.15) is 0 Å². The molecule has 0 saturated carbocycles. The van der Waals surface area contributed by atoms with Crippen LogP contribution in [-0.2, 0) is 0 Å². The number of benzene rings is 2. The highest BCUT2D eigenvalue weighted by Gasteiger charge is 2.30. The van der Waals surface area contributed by atoms with Gasteiger partial charge in [0.2, 0.25) is 0 Å². The summed E-state index contributed by atoms with van der Waals surface area (Å²) in [6.07, 6.45) is 5.39. The van der Waals surface area contributed by atoms with Crippen LogP contribution in [0.4, 0.5) is 0 Å². The maximum Gasteiger partial charge on any atom is 0.134 e. The van der Waals surface area contributed by atoms with Crippen LogP contribution in [0.5, 0.6) is 0 Å². The van der Waals surface area contributed by atoms with Gasteiger partial charge in [-0.05, 0) is 29.3 Å². The summed E-state index contributed by atoms with van der Waals surface area (Å²) in [5, 5.41) is 11.9. The summed E-state index contributed by atoms with van der Waals surface area (Å²) in [5.41, 5.74) is 5.23. The topological polar surface area (TPSA) is 51.2 Å². The summed E-state index contributed by atoms with van der Waals surface area (Å²) >= 11 is 3.57. The summed E-state index contributed by atoms with van der Waals surface area (Å²) < 4.78 is 8.44. The molecule has 0 bridgehead atoms. The number of hydrogen-bond acceptors (Lipinski definition) is 3. The number of furan rings is 1. The zero-order valence-corrected chi connectivity index (χ0v) is 14.8. The Labute approximate surface area is 152 Å². The van der Waals surface area contributed by atoms with Gasteiger partial charge in [0.15, 0.2) is 0 Å². The van der Waals surface area contributed by atoms with Crippen LogP contribution < -0.4 is 0 Å². The SMILES string of the molecule is OC(CC1c2ccccc2-c2cncn21)c1cc2ccoc2cc1Br. The van der Waals surface area contributed by atoms with Crippen molar-refractivity contribution in [3.8, 4) is 11.3 Å². The second-order valence-electron chi connectivity index (χ2n) is 6.37. The number of aromatic nitrogens is 2. The lowest BCUT2D eigenvalue weighted by Gasteiger charge is -2.20. The molecule has 4 aromatic rings. The first kappa shape index (κ1) is 14.9. The van der Waals surface area contributed by atoms with E-state index in [-0.39, 0.29) is 6.04 Å². The second kappa shape index (κ2) is 5.58. The number of halogens is 1. The van der Waals surface area contributed by atoms with E-state index in [1.165, 1.54) is 11.1 Å². The Morgan fingerprint density at radius 1 is 1.24 bits per heavy atom. The highest BCUT2D eigenvalue weighted by Crippen LogP contribution is 2.44. The van der Waals surface area contributed by atoms with Crippen LogP contribution in [-0.4, -0.2) is 14.7 Å². The van der Waals surface area contributed by atoms with E-state index in [9.17, 15) is 5.11 Å². The van der Waals surface area contributed by atoms with Crippen LogP contribution in [0.3, 0.4) is 0 Å². The number of rotatable bonds is 3. The average molecular weight is 395 g/mol. The Morgan fingerprint density at radius 2 is 2.12 bits per heavy atom. The predicted molar refractivity (Wildman–Crippen MR) is 99.3 cm³/mol. The number of fused-ring (bicyclic) bond motifs is 4. The summed E-state index contributed by atoms with van der Waals surface area (Å²) in [7, 11) is 0. The third-order valence-electron chi connectivity index (χ3n) is 4.97. The minimum Gasteiger partial charge on any atom is -0.464 e. The van der Waals surface area contributed by atoms with E-state index >= 15 is 0 Å². The van der Waals surface area contributed by atoms with Gasteiger partial charge in [-0.3, -0.25) is 0 Å². The molecular weight excluding hydrogens is 380 g/mol. The quantitative estimate of drug-likeness (QED) is 0.526. The zero-order valence-electron chi connectivity index (χ0n) is 13.3. The molecule has 1 aliphatic rings. The third kappa shape index (κ3) is 2.27. The van der Waals surface area contributed by atoms with Crippen molar-refractivity contribution in [1.29, 1.82) is 0 Å². The van der Waals surface area contributed by atoms with Crippen LogP contribution in [0.25, 0.3) is 22.2 Å². The van der Waals surface area contributed by atoms with Crippen LogP contribution in [0.2, 0.25) is 0 Å². The first-order chi connectivity index (χ1) is 12.2. The number of hydrogen-bond donors (Lipinski definition) is 1. The van der Waals surface area contributed by atoms with Crippen LogP contribution in [0.15, 0.2) is 70.1 Å². The van der Waals surface area contributed by atoms with E-state index in [0.717, 1.165) is 26.7 Å². The molecule has 5 heteroatoms. The number of imidazole rings is 1. The molecule has 124 valence electrons. The van der Waals surface area contributed by atoms with E-state index in [4.69, 9.17) is 4.42 Å². The summed E-state index contributed by atoms with van der Waals surface area (Å²) in [6.45, 7) is 0. The lowest BCUT2D eigenvalue weighted by atomic mass is 9.95. The molecule has 0 fully saturated rings. The Kier molecular flexibility index (Phi) is 3.33. The molecule has 0 amide bonds. The molecule has 0 spiro atoms. The number of aliphatic hydroxyl groups is 1. The standard InChI is InChI=1S/C20H15BrN2O2/c21-16-8-20-12(5-6-25-20)7-15(16)19(24)9-17-13-3-1-2-4-14(13)18-10-22-11-23(17)18/h1-8,10-11,17,19,24H,9H2. The fraction of sp³-hybridized carbons (Fsp3) is 0.150. The highest BCUT2D eigenvalue weighted by molar-refractivity contribution is 9.10. The summed E-state index contributed by atoms with van der Waals surface area (Å²) in [4.78, 5) is 4.28. The van der Waals surface area contributed by atoms with Crippen molar-refractivity contribution < 1.29 is 9.52 Å². The molecule has 2 unspecified atom stereocenters. The van der Waals surface area contributed by atoms with Crippen molar-refractivity contribution in [3.05, 3.63) is 76.9 Å². The van der Waals surface area contributed by atoms with Crippen LogP contribution in [0, 0.1) is 0 Å². The van der Waals surface area contributed by atoms with Gasteiger partial charge in [0.25, 0.3) is 0 Å². The van der Waals surface area contributed by atoms with E-state index in [0.29, 0.717) is 6.42 Å². The van der Waals surface area contributed by atoms with Crippen LogP contribution in [0.1, 0.15) is 29.7 Å². The molecule has 0 radical (unpaired) electrons. The molecule has 2 atom stereocenters. The molecule has 25 heavy (non-hydrogen) atoms. The van der Waals surface area contributed by atoms with Gasteiger partial charge in [0, 0.05) is 21.8 Å². The van der Waals surface area contributed by atoms with Crippen molar-refractivity contribution in [3.63, 3.8) is 0 Å².